The summed E-state index contributed by atoms with van der Waals surface area (Å²) in [4.78, 5) is 12.4. The van der Waals surface area contributed by atoms with Crippen LogP contribution in [0.2, 0.25) is 0 Å². The van der Waals surface area contributed by atoms with Gasteiger partial charge in [-0.2, -0.15) is 0 Å². The average molecular weight is 351 g/mol. The van der Waals surface area contributed by atoms with E-state index in [1.165, 1.54) is 6.26 Å². The van der Waals surface area contributed by atoms with Crippen LogP contribution in [0.15, 0.2) is 73.0 Å². The Morgan fingerprint density at radius 2 is 1.88 bits per heavy atom. The van der Waals surface area contributed by atoms with Crippen LogP contribution in [0.4, 0.5) is 0 Å². The van der Waals surface area contributed by atoms with Gasteiger partial charge in [-0.05, 0) is 29.2 Å². The predicted octanol–water partition coefficient (Wildman–Crippen LogP) is 3.47. The Balaban J connectivity index is 2.00. The molecular weight excluding hydrogens is 326 g/mol. The molecule has 4 heteroatoms. The molecule has 0 heterocycles. The summed E-state index contributed by atoms with van der Waals surface area (Å²) < 4.78 is 4.93. The van der Waals surface area contributed by atoms with Crippen molar-refractivity contribution in [3.8, 4) is 0 Å². The number of aliphatic hydroxyl groups is 1. The SMILES string of the molecule is C=C(C(=O)NCc1ccccc1)c1cccc(CC(O)/C(C)=C/OC)c1. The van der Waals surface area contributed by atoms with Gasteiger partial charge in [-0.1, -0.05) is 61.2 Å². The van der Waals surface area contributed by atoms with Crippen molar-refractivity contribution in [2.75, 3.05) is 7.11 Å². The lowest BCUT2D eigenvalue weighted by Crippen LogP contribution is -2.23. The molecule has 26 heavy (non-hydrogen) atoms. The number of ether oxygens (including phenoxy) is 1. The van der Waals surface area contributed by atoms with Gasteiger partial charge < -0.3 is 15.2 Å². The zero-order valence-corrected chi connectivity index (χ0v) is 15.2. The van der Waals surface area contributed by atoms with E-state index in [1.807, 2.05) is 61.5 Å². The fourth-order valence-electron chi connectivity index (χ4n) is 2.55. The highest BCUT2D eigenvalue weighted by atomic mass is 16.5. The van der Waals surface area contributed by atoms with E-state index in [0.29, 0.717) is 18.5 Å². The second-order valence-corrected chi connectivity index (χ2v) is 6.16. The maximum Gasteiger partial charge on any atom is 0.251 e. The van der Waals surface area contributed by atoms with Crippen LogP contribution in [0.1, 0.15) is 23.6 Å². The second kappa shape index (κ2) is 9.59. The molecule has 0 aliphatic heterocycles. The van der Waals surface area contributed by atoms with Crippen molar-refractivity contribution in [2.24, 2.45) is 0 Å². The second-order valence-electron chi connectivity index (χ2n) is 6.16. The molecule has 2 aromatic rings. The lowest BCUT2D eigenvalue weighted by molar-refractivity contribution is -0.115. The number of methoxy groups -OCH3 is 1. The Morgan fingerprint density at radius 1 is 1.19 bits per heavy atom. The molecule has 2 rings (SSSR count). The largest absolute Gasteiger partial charge is 0.504 e. The molecule has 0 aromatic heterocycles. The van der Waals surface area contributed by atoms with Crippen LogP contribution >= 0.6 is 0 Å². The van der Waals surface area contributed by atoms with E-state index in [0.717, 1.165) is 22.3 Å². The van der Waals surface area contributed by atoms with Gasteiger partial charge in [-0.15, -0.1) is 0 Å². The third-order valence-corrected chi connectivity index (χ3v) is 4.10. The van der Waals surface area contributed by atoms with E-state index >= 15 is 0 Å². The lowest BCUT2D eigenvalue weighted by atomic mass is 9.98. The van der Waals surface area contributed by atoms with Crippen molar-refractivity contribution >= 4 is 11.5 Å². The van der Waals surface area contributed by atoms with E-state index in [2.05, 4.69) is 11.9 Å². The molecule has 4 nitrogen and oxygen atoms in total. The monoisotopic (exact) mass is 351 g/mol. The van der Waals surface area contributed by atoms with Gasteiger partial charge in [0.05, 0.1) is 19.5 Å². The molecule has 0 radical (unpaired) electrons. The number of amides is 1. The van der Waals surface area contributed by atoms with Crippen LogP contribution in [0, 0.1) is 0 Å². The number of hydrogen-bond acceptors (Lipinski definition) is 3. The Labute approximate surface area is 154 Å². The van der Waals surface area contributed by atoms with Gasteiger partial charge in [0.15, 0.2) is 0 Å². The molecular formula is C22H25NO3. The van der Waals surface area contributed by atoms with Crippen LogP contribution in [0.3, 0.4) is 0 Å². The summed E-state index contributed by atoms with van der Waals surface area (Å²) in [7, 11) is 1.55. The Kier molecular flexibility index (Phi) is 7.18. The summed E-state index contributed by atoms with van der Waals surface area (Å²) in [5, 5.41) is 13.1. The molecule has 1 atom stereocenters. The summed E-state index contributed by atoms with van der Waals surface area (Å²) in [5.41, 5.74) is 3.86. The van der Waals surface area contributed by atoms with Gasteiger partial charge in [0.2, 0.25) is 0 Å². The Bertz CT molecular complexity index is 781. The number of aliphatic hydroxyl groups excluding tert-OH is 1. The van der Waals surface area contributed by atoms with Gasteiger partial charge in [0.25, 0.3) is 5.91 Å². The number of rotatable bonds is 8. The minimum Gasteiger partial charge on any atom is -0.504 e. The van der Waals surface area contributed by atoms with E-state index in [-0.39, 0.29) is 5.91 Å². The summed E-state index contributed by atoms with van der Waals surface area (Å²) in [5.74, 6) is -0.206. The molecule has 1 amide bonds. The van der Waals surface area contributed by atoms with Crippen molar-refractivity contribution in [3.05, 3.63) is 89.7 Å². The lowest BCUT2D eigenvalue weighted by Gasteiger charge is -2.13. The normalized spacial score (nSPS) is 12.3. The molecule has 0 fully saturated rings. The summed E-state index contributed by atoms with van der Waals surface area (Å²) >= 11 is 0. The van der Waals surface area contributed by atoms with Crippen LogP contribution in [0.25, 0.3) is 5.57 Å². The molecule has 0 saturated heterocycles. The first kappa shape index (κ1) is 19.5. The molecule has 2 N–H and O–H groups in total. The fraction of sp³-hybridized carbons (Fsp3) is 0.227. The molecule has 2 aromatic carbocycles. The molecule has 0 bridgehead atoms. The first-order valence-corrected chi connectivity index (χ1v) is 8.49. The number of nitrogens with one attached hydrogen (secondary N) is 1. The van der Waals surface area contributed by atoms with E-state index in [1.54, 1.807) is 7.11 Å². The molecule has 136 valence electrons. The summed E-state index contributed by atoms with van der Waals surface area (Å²) in [6.07, 6.45) is 1.34. The van der Waals surface area contributed by atoms with Crippen LogP contribution in [-0.4, -0.2) is 24.2 Å². The van der Waals surface area contributed by atoms with Gasteiger partial charge in [-0.3, -0.25) is 4.79 Å². The fourth-order valence-corrected chi connectivity index (χ4v) is 2.55. The maximum absolute atomic E-state index is 12.4. The Morgan fingerprint density at radius 3 is 2.58 bits per heavy atom. The van der Waals surface area contributed by atoms with Gasteiger partial charge in [0.1, 0.15) is 0 Å². The number of carbonyl (C=O) groups excluding carboxylic acids is 1. The van der Waals surface area contributed by atoms with Crippen LogP contribution < -0.4 is 5.32 Å². The van der Waals surface area contributed by atoms with Crippen molar-refractivity contribution in [1.29, 1.82) is 0 Å². The predicted molar refractivity (Wildman–Crippen MR) is 104 cm³/mol. The standard InChI is InChI=1S/C22H25NO3/c1-16(15-26-3)21(24)13-19-10-7-11-20(12-19)17(2)22(25)23-14-18-8-5-4-6-9-18/h4-12,15,21,24H,2,13-14H2,1,3H3,(H,23,25)/b16-15+. The Hall–Kier alpha value is -2.85. The van der Waals surface area contributed by atoms with Crippen molar-refractivity contribution < 1.29 is 14.6 Å². The van der Waals surface area contributed by atoms with E-state index in [4.69, 9.17) is 4.74 Å². The highest BCUT2D eigenvalue weighted by molar-refractivity contribution is 6.18. The number of hydrogen-bond donors (Lipinski definition) is 2. The molecule has 1 unspecified atom stereocenters. The third-order valence-electron chi connectivity index (χ3n) is 4.10. The van der Waals surface area contributed by atoms with Crippen LogP contribution in [-0.2, 0) is 22.5 Å². The minimum absolute atomic E-state index is 0.206. The van der Waals surface area contributed by atoms with E-state index < -0.39 is 6.10 Å². The van der Waals surface area contributed by atoms with Gasteiger partial charge in [0, 0.05) is 18.5 Å². The van der Waals surface area contributed by atoms with Crippen LogP contribution in [0.5, 0.6) is 0 Å². The highest BCUT2D eigenvalue weighted by Gasteiger charge is 2.12. The van der Waals surface area contributed by atoms with Gasteiger partial charge >= 0.3 is 0 Å². The van der Waals surface area contributed by atoms with Gasteiger partial charge in [-0.25, -0.2) is 0 Å². The molecule has 0 aliphatic rings. The van der Waals surface area contributed by atoms with Crippen molar-refractivity contribution in [1.82, 2.24) is 5.32 Å². The topological polar surface area (TPSA) is 58.6 Å². The average Bonchev–Trinajstić information content (AvgIpc) is 2.66. The van der Waals surface area contributed by atoms with Crippen molar-refractivity contribution in [2.45, 2.75) is 26.0 Å². The third kappa shape index (κ3) is 5.60. The molecule has 0 saturated carbocycles. The first-order chi connectivity index (χ1) is 12.5. The zero-order valence-electron chi connectivity index (χ0n) is 15.2. The molecule has 0 spiro atoms. The summed E-state index contributed by atoms with van der Waals surface area (Å²) in [6, 6.07) is 17.2. The number of benzene rings is 2. The highest BCUT2D eigenvalue weighted by Crippen LogP contribution is 2.17. The maximum atomic E-state index is 12.4. The first-order valence-electron chi connectivity index (χ1n) is 8.49. The zero-order chi connectivity index (χ0) is 18.9. The van der Waals surface area contributed by atoms with E-state index in [9.17, 15) is 9.90 Å². The quantitative estimate of drug-likeness (QED) is 0.565. The molecule has 0 aliphatic carbocycles. The van der Waals surface area contributed by atoms with Crippen molar-refractivity contribution in [3.63, 3.8) is 0 Å². The summed E-state index contributed by atoms with van der Waals surface area (Å²) in [6.45, 7) is 6.19. The smallest absolute Gasteiger partial charge is 0.251 e. The minimum atomic E-state index is -0.634. The number of carbonyl (C=O) groups is 1.